The van der Waals surface area contributed by atoms with Gasteiger partial charge in [0.25, 0.3) is 0 Å². The molecule has 0 spiro atoms. The van der Waals surface area contributed by atoms with Gasteiger partial charge in [-0.1, -0.05) is 32.6 Å². The summed E-state index contributed by atoms with van der Waals surface area (Å²) in [7, 11) is 0. The van der Waals surface area contributed by atoms with Crippen LogP contribution in [0.1, 0.15) is 62.0 Å². The maximum atomic E-state index is 5.76. The molecule has 0 amide bonds. The van der Waals surface area contributed by atoms with Crippen molar-refractivity contribution in [3.05, 3.63) is 23.0 Å². The minimum Gasteiger partial charge on any atom is -0.271 e. The van der Waals surface area contributed by atoms with Crippen molar-refractivity contribution >= 4 is 0 Å². The van der Waals surface area contributed by atoms with Gasteiger partial charge in [0.1, 0.15) is 0 Å². The number of hydrogen-bond acceptors (Lipinski definition) is 4. The van der Waals surface area contributed by atoms with Crippen LogP contribution in [0.15, 0.2) is 6.07 Å². The first-order chi connectivity index (χ1) is 8.74. The molecule has 1 atom stereocenters. The summed E-state index contributed by atoms with van der Waals surface area (Å²) in [6, 6.07) is 2.35. The average molecular weight is 248 g/mol. The zero-order valence-corrected chi connectivity index (χ0v) is 11.4. The summed E-state index contributed by atoms with van der Waals surface area (Å²) in [5, 5.41) is 8.44. The molecule has 18 heavy (non-hydrogen) atoms. The molecule has 1 aromatic rings. The molecule has 1 aliphatic rings. The van der Waals surface area contributed by atoms with Crippen molar-refractivity contribution in [2.24, 2.45) is 11.8 Å². The molecule has 2 rings (SSSR count). The van der Waals surface area contributed by atoms with Crippen molar-refractivity contribution in [1.29, 1.82) is 0 Å². The molecule has 3 N–H and O–H groups in total. The fourth-order valence-corrected chi connectivity index (χ4v) is 2.97. The Morgan fingerprint density at radius 1 is 1.39 bits per heavy atom. The first-order valence-electron chi connectivity index (χ1n) is 7.03. The number of aromatic nitrogens is 2. The number of nitrogens with one attached hydrogen (secondary N) is 1. The number of nitrogens with two attached hydrogens (primary N) is 1. The first kappa shape index (κ1) is 13.4. The lowest BCUT2D eigenvalue weighted by Crippen LogP contribution is -2.30. The summed E-state index contributed by atoms with van der Waals surface area (Å²) in [6.07, 6.45) is 7.46. The van der Waals surface area contributed by atoms with Crippen molar-refractivity contribution in [1.82, 2.24) is 15.6 Å². The van der Waals surface area contributed by atoms with E-state index in [0.717, 1.165) is 30.1 Å². The minimum atomic E-state index is 0.220. The highest BCUT2D eigenvalue weighted by Gasteiger charge is 2.22. The second-order valence-corrected chi connectivity index (χ2v) is 5.35. The summed E-state index contributed by atoms with van der Waals surface area (Å²) in [5.74, 6) is 6.57. The van der Waals surface area contributed by atoms with Crippen LogP contribution in [0.25, 0.3) is 0 Å². The molecule has 1 aromatic heterocycles. The van der Waals surface area contributed by atoms with Gasteiger partial charge >= 0.3 is 0 Å². The maximum absolute atomic E-state index is 5.76. The maximum Gasteiger partial charge on any atom is 0.0676 e. The van der Waals surface area contributed by atoms with Crippen LogP contribution in [0.3, 0.4) is 0 Å². The Kier molecular flexibility index (Phi) is 4.66. The standard InChI is InChI=1S/C14H24N4/c1-3-13-12(8-10(2)17-18-13)14(16-15)9-11-6-4-5-7-11/h8,11,14,16H,3-7,9,15H2,1-2H3. The molecule has 1 saturated carbocycles. The van der Waals surface area contributed by atoms with Crippen LogP contribution in [0.4, 0.5) is 0 Å². The number of hydrazine groups is 1. The fourth-order valence-electron chi connectivity index (χ4n) is 2.97. The highest BCUT2D eigenvalue weighted by Crippen LogP contribution is 2.33. The van der Waals surface area contributed by atoms with E-state index in [9.17, 15) is 0 Å². The van der Waals surface area contributed by atoms with E-state index in [4.69, 9.17) is 5.84 Å². The van der Waals surface area contributed by atoms with Crippen LogP contribution >= 0.6 is 0 Å². The lowest BCUT2D eigenvalue weighted by atomic mass is 9.92. The van der Waals surface area contributed by atoms with Gasteiger partial charge < -0.3 is 0 Å². The van der Waals surface area contributed by atoms with Crippen LogP contribution in [0, 0.1) is 12.8 Å². The number of rotatable bonds is 5. The Morgan fingerprint density at radius 3 is 2.72 bits per heavy atom. The topological polar surface area (TPSA) is 63.8 Å². The third kappa shape index (κ3) is 3.06. The molecule has 1 aliphatic carbocycles. The number of aryl methyl sites for hydroxylation is 2. The molecule has 0 aliphatic heterocycles. The summed E-state index contributed by atoms with van der Waals surface area (Å²) < 4.78 is 0. The highest BCUT2D eigenvalue weighted by atomic mass is 15.2. The van der Waals surface area contributed by atoms with Crippen LogP contribution in [0.2, 0.25) is 0 Å². The zero-order valence-electron chi connectivity index (χ0n) is 11.4. The van der Waals surface area contributed by atoms with Crippen molar-refractivity contribution in [3.8, 4) is 0 Å². The largest absolute Gasteiger partial charge is 0.271 e. The number of hydrogen-bond donors (Lipinski definition) is 2. The van der Waals surface area contributed by atoms with E-state index >= 15 is 0 Å². The zero-order chi connectivity index (χ0) is 13.0. The molecule has 1 unspecified atom stereocenters. The van der Waals surface area contributed by atoms with Gasteiger partial charge in [0.15, 0.2) is 0 Å². The third-order valence-corrected chi connectivity index (χ3v) is 3.98. The molecule has 1 heterocycles. The predicted octanol–water partition coefficient (Wildman–Crippen LogP) is 2.43. The van der Waals surface area contributed by atoms with E-state index in [1.807, 2.05) is 6.92 Å². The van der Waals surface area contributed by atoms with Crippen LogP contribution in [-0.2, 0) is 6.42 Å². The molecule has 0 aromatic carbocycles. The van der Waals surface area contributed by atoms with Crippen molar-refractivity contribution in [2.45, 2.75) is 58.4 Å². The van der Waals surface area contributed by atoms with E-state index in [1.54, 1.807) is 0 Å². The average Bonchev–Trinajstić information content (AvgIpc) is 2.88. The van der Waals surface area contributed by atoms with Gasteiger partial charge in [0.2, 0.25) is 0 Å². The molecule has 0 bridgehead atoms. The van der Waals surface area contributed by atoms with Gasteiger partial charge in [-0.15, -0.1) is 0 Å². The fraction of sp³-hybridized carbons (Fsp3) is 0.714. The first-order valence-corrected chi connectivity index (χ1v) is 7.03. The predicted molar refractivity (Wildman–Crippen MR) is 72.8 cm³/mol. The van der Waals surface area contributed by atoms with Crippen molar-refractivity contribution in [2.75, 3.05) is 0 Å². The lowest BCUT2D eigenvalue weighted by Gasteiger charge is -2.22. The monoisotopic (exact) mass is 248 g/mol. The molecule has 0 radical (unpaired) electrons. The normalized spacial score (nSPS) is 18.2. The Balaban J connectivity index is 2.17. The molecule has 4 nitrogen and oxygen atoms in total. The van der Waals surface area contributed by atoms with Crippen LogP contribution in [-0.4, -0.2) is 10.2 Å². The molecular formula is C14H24N4. The Hall–Kier alpha value is -1.00. The molecular weight excluding hydrogens is 224 g/mol. The van der Waals surface area contributed by atoms with E-state index < -0.39 is 0 Å². The summed E-state index contributed by atoms with van der Waals surface area (Å²) in [4.78, 5) is 0. The molecule has 0 saturated heterocycles. The Morgan fingerprint density at radius 2 is 2.11 bits per heavy atom. The Bertz CT molecular complexity index is 385. The van der Waals surface area contributed by atoms with E-state index in [2.05, 4.69) is 28.6 Å². The van der Waals surface area contributed by atoms with Gasteiger partial charge in [-0.05, 0) is 37.3 Å². The van der Waals surface area contributed by atoms with E-state index in [-0.39, 0.29) is 6.04 Å². The SMILES string of the molecule is CCc1nnc(C)cc1C(CC1CCCC1)NN. The van der Waals surface area contributed by atoms with Gasteiger partial charge in [-0.25, -0.2) is 0 Å². The van der Waals surface area contributed by atoms with Gasteiger partial charge in [-0.3, -0.25) is 11.3 Å². The summed E-state index contributed by atoms with van der Waals surface area (Å²) in [5.41, 5.74) is 6.25. The third-order valence-electron chi connectivity index (χ3n) is 3.98. The van der Waals surface area contributed by atoms with Gasteiger partial charge in [-0.2, -0.15) is 10.2 Å². The minimum absolute atomic E-state index is 0.220. The number of nitrogens with zero attached hydrogens (tertiary/aromatic N) is 2. The highest BCUT2D eigenvalue weighted by molar-refractivity contribution is 5.24. The summed E-state index contributed by atoms with van der Waals surface area (Å²) >= 11 is 0. The molecule has 100 valence electrons. The summed E-state index contributed by atoms with van der Waals surface area (Å²) in [6.45, 7) is 4.10. The van der Waals surface area contributed by atoms with Crippen LogP contribution < -0.4 is 11.3 Å². The van der Waals surface area contributed by atoms with Crippen LogP contribution in [0.5, 0.6) is 0 Å². The molecule has 1 fully saturated rings. The second kappa shape index (κ2) is 6.25. The Labute approximate surface area is 109 Å². The smallest absolute Gasteiger partial charge is 0.0676 e. The second-order valence-electron chi connectivity index (χ2n) is 5.35. The lowest BCUT2D eigenvalue weighted by molar-refractivity contribution is 0.397. The van der Waals surface area contributed by atoms with E-state index in [1.165, 1.54) is 31.2 Å². The van der Waals surface area contributed by atoms with Gasteiger partial charge in [0, 0.05) is 6.04 Å². The quantitative estimate of drug-likeness (QED) is 0.620. The molecule has 4 heteroatoms. The van der Waals surface area contributed by atoms with Gasteiger partial charge in [0.05, 0.1) is 11.4 Å². The van der Waals surface area contributed by atoms with E-state index in [0.29, 0.717) is 0 Å². The van der Waals surface area contributed by atoms with Crippen molar-refractivity contribution in [3.63, 3.8) is 0 Å². The van der Waals surface area contributed by atoms with Crippen molar-refractivity contribution < 1.29 is 0 Å².